The van der Waals surface area contributed by atoms with Crippen LogP contribution in [-0.2, 0) is 16.0 Å². The second-order valence-electron chi connectivity index (χ2n) is 4.96. The predicted octanol–water partition coefficient (Wildman–Crippen LogP) is 0.795. The molecule has 0 bridgehead atoms. The molecule has 0 amide bonds. The molecule has 1 atom stereocenters. The van der Waals surface area contributed by atoms with Crippen molar-refractivity contribution in [2.75, 3.05) is 40.4 Å². The summed E-state index contributed by atoms with van der Waals surface area (Å²) in [6.45, 7) is 5.74. The van der Waals surface area contributed by atoms with Gasteiger partial charge in [-0.25, -0.2) is 4.79 Å². The van der Waals surface area contributed by atoms with Crippen molar-refractivity contribution in [2.45, 2.75) is 19.6 Å². The molecular formula is C14H22N2O4. The van der Waals surface area contributed by atoms with Gasteiger partial charge in [-0.15, -0.1) is 0 Å². The first-order valence-corrected chi connectivity index (χ1v) is 6.80. The van der Waals surface area contributed by atoms with E-state index >= 15 is 0 Å². The van der Waals surface area contributed by atoms with Crippen LogP contribution in [0, 0.1) is 6.92 Å². The number of likely N-dealkylation sites (N-methyl/N-ethyl adjacent to an activating group) is 1. The average molecular weight is 282 g/mol. The molecule has 1 aliphatic rings. The van der Waals surface area contributed by atoms with E-state index < -0.39 is 0 Å². The van der Waals surface area contributed by atoms with Gasteiger partial charge in [0.15, 0.2) is 0 Å². The number of aryl methyl sites for hydroxylation is 1. The molecule has 1 aromatic rings. The summed E-state index contributed by atoms with van der Waals surface area (Å²) in [5.74, 6) is 1.03. The minimum atomic E-state index is -0.354. The zero-order valence-electron chi connectivity index (χ0n) is 12.3. The van der Waals surface area contributed by atoms with Crippen molar-refractivity contribution in [1.82, 2.24) is 10.2 Å². The number of nitrogens with one attached hydrogen (secondary N) is 1. The Morgan fingerprint density at radius 2 is 2.40 bits per heavy atom. The maximum absolute atomic E-state index is 11.6. The van der Waals surface area contributed by atoms with Gasteiger partial charge in [-0.1, -0.05) is 0 Å². The number of hydrogen-bond donors (Lipinski definition) is 1. The molecule has 6 nitrogen and oxygen atoms in total. The number of methoxy groups -OCH3 is 1. The molecule has 0 radical (unpaired) electrons. The lowest BCUT2D eigenvalue weighted by Gasteiger charge is -2.32. The Morgan fingerprint density at radius 1 is 1.60 bits per heavy atom. The third-order valence-electron chi connectivity index (χ3n) is 3.41. The Morgan fingerprint density at radius 3 is 3.10 bits per heavy atom. The van der Waals surface area contributed by atoms with Crippen molar-refractivity contribution in [3.8, 4) is 0 Å². The number of ether oxygens (including phenoxy) is 2. The first-order chi connectivity index (χ1) is 9.63. The van der Waals surface area contributed by atoms with E-state index in [1.807, 2.05) is 7.05 Å². The lowest BCUT2D eigenvalue weighted by atomic mass is 10.2. The van der Waals surface area contributed by atoms with E-state index in [4.69, 9.17) is 13.9 Å². The van der Waals surface area contributed by atoms with Gasteiger partial charge < -0.3 is 19.2 Å². The fraction of sp³-hybridized carbons (Fsp3) is 0.643. The molecule has 1 aromatic heterocycles. The van der Waals surface area contributed by atoms with Gasteiger partial charge in [0.05, 0.1) is 26.4 Å². The highest BCUT2D eigenvalue weighted by Gasteiger charge is 2.22. The molecule has 112 valence electrons. The van der Waals surface area contributed by atoms with E-state index in [2.05, 4.69) is 10.2 Å². The van der Waals surface area contributed by atoms with Gasteiger partial charge >= 0.3 is 5.97 Å². The van der Waals surface area contributed by atoms with Crippen LogP contribution in [0.15, 0.2) is 10.5 Å². The predicted molar refractivity (Wildman–Crippen MR) is 73.7 cm³/mol. The summed E-state index contributed by atoms with van der Waals surface area (Å²) in [7, 11) is 3.29. The van der Waals surface area contributed by atoms with Gasteiger partial charge in [0, 0.05) is 19.6 Å². The Kier molecular flexibility index (Phi) is 5.17. The van der Waals surface area contributed by atoms with Crippen LogP contribution in [0.2, 0.25) is 0 Å². The monoisotopic (exact) mass is 282 g/mol. The van der Waals surface area contributed by atoms with Crippen molar-refractivity contribution < 1.29 is 18.7 Å². The van der Waals surface area contributed by atoms with Crippen LogP contribution in [0.1, 0.15) is 21.9 Å². The Bertz CT molecular complexity index is 456. The first kappa shape index (κ1) is 15.0. The number of esters is 1. The average Bonchev–Trinajstić information content (AvgIpc) is 2.79. The molecule has 0 saturated carbocycles. The van der Waals surface area contributed by atoms with E-state index in [0.29, 0.717) is 17.9 Å². The van der Waals surface area contributed by atoms with Gasteiger partial charge in [0.2, 0.25) is 0 Å². The summed E-state index contributed by atoms with van der Waals surface area (Å²) in [5, 5.41) is 3.12. The highest BCUT2D eigenvalue weighted by atomic mass is 16.5. The van der Waals surface area contributed by atoms with Gasteiger partial charge in [0.1, 0.15) is 17.1 Å². The Balaban J connectivity index is 1.97. The maximum Gasteiger partial charge on any atom is 0.341 e. The van der Waals surface area contributed by atoms with E-state index in [1.54, 1.807) is 13.0 Å². The van der Waals surface area contributed by atoms with Gasteiger partial charge in [-0.05, 0) is 20.0 Å². The SMILES string of the molecule is CNCC1CN(Cc2cc(C(=O)OC)c(C)o2)CCO1. The minimum Gasteiger partial charge on any atom is -0.465 e. The lowest BCUT2D eigenvalue weighted by molar-refractivity contribution is -0.0309. The number of carbonyl (C=O) groups excluding carboxylic acids is 1. The van der Waals surface area contributed by atoms with Crippen molar-refractivity contribution in [2.24, 2.45) is 0 Å². The molecule has 6 heteroatoms. The van der Waals surface area contributed by atoms with Crippen LogP contribution in [-0.4, -0.2) is 57.4 Å². The summed E-state index contributed by atoms with van der Waals surface area (Å²) in [6, 6.07) is 1.77. The van der Waals surface area contributed by atoms with E-state index in [-0.39, 0.29) is 12.1 Å². The zero-order valence-corrected chi connectivity index (χ0v) is 12.3. The van der Waals surface area contributed by atoms with Crippen LogP contribution in [0.25, 0.3) is 0 Å². The maximum atomic E-state index is 11.6. The number of morpholine rings is 1. The largest absolute Gasteiger partial charge is 0.465 e. The van der Waals surface area contributed by atoms with Gasteiger partial charge in [0.25, 0.3) is 0 Å². The van der Waals surface area contributed by atoms with Crippen molar-refractivity contribution >= 4 is 5.97 Å². The zero-order chi connectivity index (χ0) is 14.5. The third-order valence-corrected chi connectivity index (χ3v) is 3.41. The van der Waals surface area contributed by atoms with Crippen LogP contribution in [0.4, 0.5) is 0 Å². The summed E-state index contributed by atoms with van der Waals surface area (Å²) in [4.78, 5) is 13.8. The van der Waals surface area contributed by atoms with Crippen LogP contribution < -0.4 is 5.32 Å². The number of furan rings is 1. The number of hydrogen-bond acceptors (Lipinski definition) is 6. The highest BCUT2D eigenvalue weighted by molar-refractivity contribution is 5.90. The molecule has 2 heterocycles. The first-order valence-electron chi connectivity index (χ1n) is 6.80. The summed E-state index contributed by atoms with van der Waals surface area (Å²) in [5.41, 5.74) is 0.502. The van der Waals surface area contributed by atoms with Gasteiger partial charge in [-0.3, -0.25) is 4.90 Å². The fourth-order valence-electron chi connectivity index (χ4n) is 2.43. The topological polar surface area (TPSA) is 63.9 Å². The molecule has 1 aliphatic heterocycles. The number of carbonyl (C=O) groups is 1. The second kappa shape index (κ2) is 6.88. The van der Waals surface area contributed by atoms with Crippen molar-refractivity contribution in [1.29, 1.82) is 0 Å². The molecule has 1 fully saturated rings. The molecule has 1 N–H and O–H groups in total. The molecule has 2 rings (SSSR count). The van der Waals surface area contributed by atoms with Crippen molar-refractivity contribution in [3.05, 3.63) is 23.2 Å². The molecular weight excluding hydrogens is 260 g/mol. The quantitative estimate of drug-likeness (QED) is 0.806. The second-order valence-corrected chi connectivity index (χ2v) is 4.96. The van der Waals surface area contributed by atoms with E-state index in [1.165, 1.54) is 7.11 Å². The Hall–Kier alpha value is -1.37. The normalized spacial score (nSPS) is 20.1. The van der Waals surface area contributed by atoms with Crippen molar-refractivity contribution in [3.63, 3.8) is 0 Å². The fourth-order valence-corrected chi connectivity index (χ4v) is 2.43. The van der Waals surface area contributed by atoms with Gasteiger partial charge in [-0.2, -0.15) is 0 Å². The smallest absolute Gasteiger partial charge is 0.341 e. The summed E-state index contributed by atoms with van der Waals surface area (Å²) >= 11 is 0. The number of nitrogens with zero attached hydrogens (tertiary/aromatic N) is 1. The number of rotatable bonds is 5. The molecule has 20 heavy (non-hydrogen) atoms. The van der Waals surface area contributed by atoms with E-state index in [9.17, 15) is 4.79 Å². The Labute approximate surface area is 119 Å². The lowest BCUT2D eigenvalue weighted by Crippen LogP contribution is -2.45. The standard InChI is InChI=1S/C14H22N2O4/c1-10-13(14(17)18-3)6-11(20-10)8-16-4-5-19-12(9-16)7-15-2/h6,12,15H,4-5,7-9H2,1-3H3. The highest BCUT2D eigenvalue weighted by Crippen LogP contribution is 2.18. The molecule has 1 saturated heterocycles. The third kappa shape index (κ3) is 3.59. The summed E-state index contributed by atoms with van der Waals surface area (Å²) < 4.78 is 16.0. The molecule has 0 aliphatic carbocycles. The van der Waals surface area contributed by atoms with Crippen LogP contribution in [0.5, 0.6) is 0 Å². The molecule has 0 spiro atoms. The minimum absolute atomic E-state index is 0.199. The van der Waals surface area contributed by atoms with Crippen LogP contribution in [0.3, 0.4) is 0 Å². The van der Waals surface area contributed by atoms with E-state index in [0.717, 1.165) is 32.0 Å². The molecule has 1 unspecified atom stereocenters. The molecule has 0 aromatic carbocycles. The van der Waals surface area contributed by atoms with Crippen LogP contribution >= 0.6 is 0 Å². The summed E-state index contributed by atoms with van der Waals surface area (Å²) in [6.07, 6.45) is 0.199.